The summed E-state index contributed by atoms with van der Waals surface area (Å²) in [6.45, 7) is 2.91. The first-order valence-electron chi connectivity index (χ1n) is 4.83. The number of halogens is 1. The van der Waals surface area contributed by atoms with E-state index in [1.165, 1.54) is 0 Å². The predicted octanol–water partition coefficient (Wildman–Crippen LogP) is 0.853. The van der Waals surface area contributed by atoms with E-state index in [1.54, 1.807) is 13.8 Å². The van der Waals surface area contributed by atoms with Crippen molar-refractivity contribution in [2.45, 2.75) is 32.3 Å². The van der Waals surface area contributed by atoms with Crippen LogP contribution in [0.2, 0.25) is 0 Å². The fourth-order valence-electron chi connectivity index (χ4n) is 1.00. The van der Waals surface area contributed by atoms with Crippen molar-refractivity contribution in [1.82, 2.24) is 0 Å². The SMILES string of the molecule is CCO[P+](O)(OCC)C(F)C[C@H](O)CO. The summed E-state index contributed by atoms with van der Waals surface area (Å²) in [6.07, 6.45) is -1.62. The summed E-state index contributed by atoms with van der Waals surface area (Å²) in [4.78, 5) is 9.72. The van der Waals surface area contributed by atoms with Gasteiger partial charge in [0.05, 0.1) is 32.3 Å². The number of aliphatic hydroxyl groups excluding tert-OH is 2. The van der Waals surface area contributed by atoms with Crippen LogP contribution < -0.4 is 0 Å². The summed E-state index contributed by atoms with van der Waals surface area (Å²) in [6, 6.07) is 0. The second-order valence-electron chi connectivity index (χ2n) is 2.91. The van der Waals surface area contributed by atoms with Gasteiger partial charge in [0, 0.05) is 0 Å². The zero-order valence-corrected chi connectivity index (χ0v) is 9.86. The molecule has 0 fully saturated rings. The van der Waals surface area contributed by atoms with E-state index in [9.17, 15) is 9.28 Å². The molecule has 0 radical (unpaired) electrons. The maximum Gasteiger partial charge on any atom is 0.444 e. The van der Waals surface area contributed by atoms with Gasteiger partial charge in [0.1, 0.15) is 0 Å². The summed E-state index contributed by atoms with van der Waals surface area (Å²) >= 11 is 0. The van der Waals surface area contributed by atoms with Crippen LogP contribution in [0, 0.1) is 0 Å². The first-order valence-corrected chi connectivity index (χ1v) is 6.48. The normalized spacial score (nSPS) is 16.4. The van der Waals surface area contributed by atoms with Crippen LogP contribution in [0.5, 0.6) is 0 Å². The lowest BCUT2D eigenvalue weighted by molar-refractivity contribution is 0.0661. The molecule has 7 heteroatoms. The van der Waals surface area contributed by atoms with Gasteiger partial charge in [0.2, 0.25) is 0 Å². The molecule has 5 nitrogen and oxygen atoms in total. The Morgan fingerprint density at radius 1 is 1.27 bits per heavy atom. The molecule has 0 aliphatic rings. The van der Waals surface area contributed by atoms with E-state index in [2.05, 4.69) is 0 Å². The first kappa shape index (κ1) is 15.2. The van der Waals surface area contributed by atoms with Crippen LogP contribution in [-0.2, 0) is 9.05 Å². The van der Waals surface area contributed by atoms with Gasteiger partial charge >= 0.3 is 7.94 Å². The quantitative estimate of drug-likeness (QED) is 0.552. The number of rotatable bonds is 8. The van der Waals surface area contributed by atoms with Gasteiger partial charge in [-0.05, 0) is 13.8 Å². The van der Waals surface area contributed by atoms with Crippen LogP contribution in [0.15, 0.2) is 0 Å². The zero-order valence-electron chi connectivity index (χ0n) is 8.97. The Kier molecular flexibility index (Phi) is 7.52. The summed E-state index contributed by atoms with van der Waals surface area (Å²) in [5.74, 6) is -1.81. The monoisotopic (exact) mass is 245 g/mol. The summed E-state index contributed by atoms with van der Waals surface area (Å²) in [7, 11) is -3.57. The molecule has 0 aliphatic carbocycles. The minimum Gasteiger partial charge on any atom is -0.394 e. The number of hydrogen-bond donors (Lipinski definition) is 3. The summed E-state index contributed by atoms with van der Waals surface area (Å²) in [5.41, 5.74) is 0. The highest BCUT2D eigenvalue weighted by Crippen LogP contribution is 2.62. The Balaban J connectivity index is 4.32. The van der Waals surface area contributed by atoms with Crippen LogP contribution in [0.3, 0.4) is 0 Å². The highest BCUT2D eigenvalue weighted by atomic mass is 31.2. The Hall–Kier alpha value is 0.160. The third-order valence-electron chi connectivity index (χ3n) is 1.66. The third-order valence-corrected chi connectivity index (χ3v) is 3.83. The van der Waals surface area contributed by atoms with Crippen molar-refractivity contribution in [2.24, 2.45) is 0 Å². The molecule has 0 heterocycles. The maximum absolute atomic E-state index is 13.5. The molecule has 0 amide bonds. The van der Waals surface area contributed by atoms with E-state index in [0.29, 0.717) is 0 Å². The summed E-state index contributed by atoms with van der Waals surface area (Å²) < 4.78 is 23.2. The maximum atomic E-state index is 13.5. The third kappa shape index (κ3) is 5.15. The second-order valence-corrected chi connectivity index (χ2v) is 5.11. The van der Waals surface area contributed by atoms with Gasteiger partial charge in [-0.15, -0.1) is 0 Å². The highest BCUT2D eigenvalue weighted by molar-refractivity contribution is 7.61. The number of aliphatic hydroxyl groups is 2. The fourth-order valence-corrected chi connectivity index (χ4v) is 2.65. The van der Waals surface area contributed by atoms with Gasteiger partial charge < -0.3 is 10.2 Å². The predicted molar refractivity (Wildman–Crippen MR) is 55.0 cm³/mol. The van der Waals surface area contributed by atoms with Crippen LogP contribution in [-0.4, -0.2) is 46.9 Å². The number of hydrogen-bond acceptors (Lipinski definition) is 5. The van der Waals surface area contributed by atoms with Crippen molar-refractivity contribution in [3.05, 3.63) is 0 Å². The van der Waals surface area contributed by atoms with Crippen LogP contribution in [0.4, 0.5) is 4.39 Å². The first-order chi connectivity index (χ1) is 7.00. The van der Waals surface area contributed by atoms with Gasteiger partial charge in [0.25, 0.3) is 5.91 Å². The van der Waals surface area contributed by atoms with Crippen molar-refractivity contribution in [3.63, 3.8) is 0 Å². The van der Waals surface area contributed by atoms with Crippen molar-refractivity contribution in [1.29, 1.82) is 0 Å². The average molecular weight is 245 g/mol. The second kappa shape index (κ2) is 7.44. The van der Waals surface area contributed by atoms with E-state index in [1.807, 2.05) is 0 Å². The van der Waals surface area contributed by atoms with Gasteiger partial charge in [-0.2, -0.15) is 18.3 Å². The largest absolute Gasteiger partial charge is 0.444 e. The van der Waals surface area contributed by atoms with Gasteiger partial charge in [-0.25, -0.2) is 0 Å². The zero-order chi connectivity index (χ0) is 11.9. The molecule has 0 saturated carbocycles. The fraction of sp³-hybridized carbons (Fsp3) is 1.00. The highest BCUT2D eigenvalue weighted by Gasteiger charge is 2.51. The Morgan fingerprint density at radius 2 is 1.73 bits per heavy atom. The number of alkyl halides is 1. The van der Waals surface area contributed by atoms with E-state index in [0.717, 1.165) is 0 Å². The Bertz CT molecular complexity index is 165. The molecule has 0 aromatic rings. The lowest BCUT2D eigenvalue weighted by Gasteiger charge is -2.20. The van der Waals surface area contributed by atoms with E-state index in [4.69, 9.17) is 19.3 Å². The molecule has 92 valence electrons. The molecule has 0 aromatic carbocycles. The molecule has 15 heavy (non-hydrogen) atoms. The summed E-state index contributed by atoms with van der Waals surface area (Å²) in [5, 5.41) is 17.6. The van der Waals surface area contributed by atoms with E-state index in [-0.39, 0.29) is 13.2 Å². The molecule has 0 aromatic heterocycles. The topological polar surface area (TPSA) is 79.2 Å². The average Bonchev–Trinajstić information content (AvgIpc) is 2.18. The smallest absolute Gasteiger partial charge is 0.394 e. The molecule has 1 unspecified atom stereocenters. The molecule has 2 atom stereocenters. The molecular weight excluding hydrogens is 226 g/mol. The van der Waals surface area contributed by atoms with Crippen LogP contribution in [0.1, 0.15) is 20.3 Å². The lowest BCUT2D eigenvalue weighted by Crippen LogP contribution is -2.22. The molecule has 0 rings (SSSR count). The Morgan fingerprint density at radius 3 is 2.07 bits per heavy atom. The van der Waals surface area contributed by atoms with Crippen molar-refractivity contribution >= 4 is 7.94 Å². The molecule has 0 bridgehead atoms. The minimum atomic E-state index is -3.57. The van der Waals surface area contributed by atoms with Crippen LogP contribution in [0.25, 0.3) is 0 Å². The van der Waals surface area contributed by atoms with E-state index < -0.39 is 33.0 Å². The Labute approximate surface area is 89.4 Å². The molecule has 0 saturated heterocycles. The molecule has 0 aliphatic heterocycles. The standard InChI is InChI=1S/C8H19FO5P/c1-3-13-15(12,14-4-2)8(9)5-7(11)6-10/h7-8,10-12H,3-6H2,1-2H3/q+1/t7-,8?/m0/s1. The van der Waals surface area contributed by atoms with Crippen molar-refractivity contribution in [3.8, 4) is 0 Å². The van der Waals surface area contributed by atoms with E-state index >= 15 is 0 Å². The van der Waals surface area contributed by atoms with Crippen molar-refractivity contribution < 1.29 is 28.5 Å². The molecule has 0 spiro atoms. The van der Waals surface area contributed by atoms with Gasteiger partial charge in [-0.1, -0.05) is 0 Å². The van der Waals surface area contributed by atoms with Crippen molar-refractivity contribution in [2.75, 3.05) is 19.8 Å². The molecular formula is C8H19FO5P+. The lowest BCUT2D eigenvalue weighted by atomic mass is 10.3. The van der Waals surface area contributed by atoms with Crippen LogP contribution >= 0.6 is 7.94 Å². The van der Waals surface area contributed by atoms with Gasteiger partial charge in [0.15, 0.2) is 0 Å². The molecule has 3 N–H and O–H groups in total. The minimum absolute atomic E-state index is 0.125. The van der Waals surface area contributed by atoms with Gasteiger partial charge in [-0.3, -0.25) is 0 Å².